The molecule has 0 fully saturated rings. The zero-order valence-electron chi connectivity index (χ0n) is 8.04. The van der Waals surface area contributed by atoms with Crippen molar-refractivity contribution in [3.63, 3.8) is 0 Å². The van der Waals surface area contributed by atoms with E-state index < -0.39 is 16.5 Å². The van der Waals surface area contributed by atoms with Gasteiger partial charge >= 0.3 is 6.01 Å². The number of ether oxygens (including phenoxy) is 1. The van der Waals surface area contributed by atoms with E-state index in [2.05, 4.69) is 15.0 Å². The minimum Gasteiger partial charge on any atom is -0.467 e. The van der Waals surface area contributed by atoms with Crippen LogP contribution in [0.1, 0.15) is 0 Å². The van der Waals surface area contributed by atoms with Crippen molar-refractivity contribution in [3.8, 4) is 6.01 Å². The molecule has 2 rings (SSSR count). The number of aromatic amines is 1. The molecule has 0 saturated carbocycles. The molecule has 0 spiro atoms. The summed E-state index contributed by atoms with van der Waals surface area (Å²) >= 11 is 5.47. The van der Waals surface area contributed by atoms with Crippen molar-refractivity contribution in [2.75, 3.05) is 12.8 Å². The van der Waals surface area contributed by atoms with E-state index in [9.17, 15) is 9.18 Å². The average molecular weight is 245 g/mol. The molecule has 0 atom stereocenters. The van der Waals surface area contributed by atoms with Gasteiger partial charge in [-0.25, -0.2) is 4.39 Å². The summed E-state index contributed by atoms with van der Waals surface area (Å²) in [6, 6.07) is -0.134. The Morgan fingerprint density at radius 1 is 1.50 bits per heavy atom. The van der Waals surface area contributed by atoms with Crippen molar-refractivity contribution in [1.29, 1.82) is 0 Å². The van der Waals surface area contributed by atoms with Crippen LogP contribution >= 0.6 is 11.6 Å². The molecule has 2 aromatic rings. The number of nitrogens with zero attached hydrogens (tertiary/aromatic N) is 2. The number of aromatic nitrogens is 3. The number of nitrogens with two attached hydrogens (primary N) is 1. The van der Waals surface area contributed by atoms with Crippen LogP contribution in [-0.2, 0) is 0 Å². The predicted molar refractivity (Wildman–Crippen MR) is 56.1 cm³/mol. The first-order valence-electron chi connectivity index (χ1n) is 4.13. The number of pyridine rings is 1. The van der Waals surface area contributed by atoms with Gasteiger partial charge < -0.3 is 15.5 Å². The molecule has 0 aliphatic heterocycles. The molecular formula is C8H6ClFN4O2. The first kappa shape index (κ1) is 10.6. The van der Waals surface area contributed by atoms with E-state index in [-0.39, 0.29) is 22.7 Å². The molecule has 2 aromatic heterocycles. The number of hydrogen-bond acceptors (Lipinski definition) is 5. The molecule has 3 N–H and O–H groups in total. The first-order chi connectivity index (χ1) is 7.54. The highest BCUT2D eigenvalue weighted by molar-refractivity contribution is 6.30. The number of methoxy groups -OCH3 is 1. The molecule has 6 nitrogen and oxygen atoms in total. The maximum atomic E-state index is 13.6. The van der Waals surface area contributed by atoms with Gasteiger partial charge in [-0.1, -0.05) is 11.6 Å². The highest BCUT2D eigenvalue weighted by Crippen LogP contribution is 2.22. The molecule has 16 heavy (non-hydrogen) atoms. The van der Waals surface area contributed by atoms with Crippen molar-refractivity contribution >= 4 is 28.3 Å². The predicted octanol–water partition coefficient (Wildman–Crippen LogP) is 0.701. The molecule has 8 heteroatoms. The van der Waals surface area contributed by atoms with Crippen LogP contribution in [0, 0.1) is 5.82 Å². The van der Waals surface area contributed by atoms with Gasteiger partial charge in [0.25, 0.3) is 5.56 Å². The average Bonchev–Trinajstić information content (AvgIpc) is 2.24. The van der Waals surface area contributed by atoms with Gasteiger partial charge in [-0.2, -0.15) is 9.97 Å². The smallest absolute Gasteiger partial charge is 0.318 e. The van der Waals surface area contributed by atoms with Crippen LogP contribution in [0.4, 0.5) is 10.2 Å². The molecular weight excluding hydrogens is 239 g/mol. The van der Waals surface area contributed by atoms with Crippen molar-refractivity contribution < 1.29 is 9.13 Å². The Kier molecular flexibility index (Phi) is 2.39. The van der Waals surface area contributed by atoms with E-state index in [0.29, 0.717) is 0 Å². The van der Waals surface area contributed by atoms with Gasteiger partial charge in [0.1, 0.15) is 21.9 Å². The van der Waals surface area contributed by atoms with E-state index in [1.54, 1.807) is 0 Å². The van der Waals surface area contributed by atoms with E-state index >= 15 is 0 Å². The van der Waals surface area contributed by atoms with Gasteiger partial charge in [0.15, 0.2) is 5.82 Å². The lowest BCUT2D eigenvalue weighted by molar-refractivity contribution is 0.382. The summed E-state index contributed by atoms with van der Waals surface area (Å²) in [4.78, 5) is 20.9. The Hall–Kier alpha value is -1.89. The van der Waals surface area contributed by atoms with Gasteiger partial charge in [0, 0.05) is 0 Å². The summed E-state index contributed by atoms with van der Waals surface area (Å²) in [7, 11) is 1.30. The molecule has 0 unspecified atom stereocenters. The standard InChI is InChI=1S/C8H6ClFN4O2/c1-16-8-12-4-2(6(11)14-8)7(15)13-5(9)3(4)10/h1H3,(H,13,15)(H2,11,12,14). The van der Waals surface area contributed by atoms with Gasteiger partial charge in [-0.3, -0.25) is 4.79 Å². The van der Waals surface area contributed by atoms with E-state index in [0.717, 1.165) is 0 Å². The normalized spacial score (nSPS) is 10.7. The summed E-state index contributed by atoms with van der Waals surface area (Å²) in [5, 5.41) is -0.583. The topological polar surface area (TPSA) is 93.9 Å². The van der Waals surface area contributed by atoms with E-state index in [4.69, 9.17) is 22.1 Å². The second-order valence-electron chi connectivity index (χ2n) is 2.90. The monoisotopic (exact) mass is 244 g/mol. The highest BCUT2D eigenvalue weighted by Gasteiger charge is 2.16. The fourth-order valence-electron chi connectivity index (χ4n) is 1.25. The van der Waals surface area contributed by atoms with Crippen molar-refractivity contribution in [1.82, 2.24) is 15.0 Å². The molecule has 2 heterocycles. The second kappa shape index (κ2) is 3.60. The van der Waals surface area contributed by atoms with Crippen LogP contribution in [0.3, 0.4) is 0 Å². The number of halogens is 2. The van der Waals surface area contributed by atoms with Crippen LogP contribution in [-0.4, -0.2) is 22.1 Å². The second-order valence-corrected chi connectivity index (χ2v) is 3.28. The van der Waals surface area contributed by atoms with Crippen LogP contribution < -0.4 is 16.0 Å². The van der Waals surface area contributed by atoms with Crippen molar-refractivity contribution in [2.24, 2.45) is 0 Å². The maximum Gasteiger partial charge on any atom is 0.318 e. The van der Waals surface area contributed by atoms with Gasteiger partial charge in [0.05, 0.1) is 7.11 Å². The first-order valence-corrected chi connectivity index (χ1v) is 4.51. The van der Waals surface area contributed by atoms with Gasteiger partial charge in [-0.15, -0.1) is 0 Å². The summed E-state index contributed by atoms with van der Waals surface area (Å²) < 4.78 is 18.3. The number of fused-ring (bicyclic) bond motifs is 1. The number of anilines is 1. The number of H-pyrrole nitrogens is 1. The Morgan fingerprint density at radius 2 is 2.19 bits per heavy atom. The third-order valence-electron chi connectivity index (χ3n) is 1.95. The van der Waals surface area contributed by atoms with E-state index in [1.807, 2.05) is 0 Å². The van der Waals surface area contributed by atoms with Gasteiger partial charge in [-0.05, 0) is 0 Å². The highest BCUT2D eigenvalue weighted by atomic mass is 35.5. The minimum atomic E-state index is -0.872. The zero-order chi connectivity index (χ0) is 11.9. The Balaban J connectivity index is 3.00. The summed E-state index contributed by atoms with van der Waals surface area (Å²) in [5.74, 6) is -1.04. The lowest BCUT2D eigenvalue weighted by Crippen LogP contribution is -2.13. The SMILES string of the molecule is COc1nc(N)c2c(=O)[nH]c(Cl)c(F)c2n1. The largest absolute Gasteiger partial charge is 0.467 e. The molecule has 0 aromatic carbocycles. The summed E-state index contributed by atoms with van der Waals surface area (Å²) in [6.07, 6.45) is 0. The maximum absolute atomic E-state index is 13.6. The Bertz CT molecular complexity index is 627. The minimum absolute atomic E-state index is 0.134. The molecule has 0 amide bonds. The van der Waals surface area contributed by atoms with Gasteiger partial charge in [0.2, 0.25) is 0 Å². The van der Waals surface area contributed by atoms with Crippen molar-refractivity contribution in [2.45, 2.75) is 0 Å². The molecule has 0 aliphatic rings. The number of hydrogen-bond donors (Lipinski definition) is 2. The zero-order valence-corrected chi connectivity index (χ0v) is 8.80. The summed E-state index contributed by atoms with van der Waals surface area (Å²) in [5.41, 5.74) is 4.57. The van der Waals surface area contributed by atoms with Crippen LogP contribution in [0.5, 0.6) is 6.01 Å². The number of nitrogens with one attached hydrogen (secondary N) is 1. The van der Waals surface area contributed by atoms with Crippen molar-refractivity contribution in [3.05, 3.63) is 21.3 Å². The third-order valence-corrected chi connectivity index (χ3v) is 2.21. The fourth-order valence-corrected chi connectivity index (χ4v) is 1.43. The van der Waals surface area contributed by atoms with Crippen LogP contribution in [0.2, 0.25) is 5.15 Å². The molecule has 84 valence electrons. The Morgan fingerprint density at radius 3 is 2.81 bits per heavy atom. The Labute approximate surface area is 93.2 Å². The molecule has 0 saturated heterocycles. The fraction of sp³-hybridized carbons (Fsp3) is 0.125. The molecule has 0 aliphatic carbocycles. The van der Waals surface area contributed by atoms with Crippen LogP contribution in [0.25, 0.3) is 10.9 Å². The lowest BCUT2D eigenvalue weighted by atomic mass is 10.3. The number of nitrogen functional groups attached to an aromatic ring is 1. The third kappa shape index (κ3) is 1.45. The molecule has 0 radical (unpaired) electrons. The van der Waals surface area contributed by atoms with E-state index in [1.165, 1.54) is 7.11 Å². The summed E-state index contributed by atoms with van der Waals surface area (Å²) in [6.45, 7) is 0. The molecule has 0 bridgehead atoms. The lowest BCUT2D eigenvalue weighted by Gasteiger charge is -2.04. The van der Waals surface area contributed by atoms with Crippen LogP contribution in [0.15, 0.2) is 4.79 Å². The number of rotatable bonds is 1. The quantitative estimate of drug-likeness (QED) is 0.720.